The van der Waals surface area contributed by atoms with E-state index in [1.165, 1.54) is 0 Å². The average molecular weight is 159 g/mol. The van der Waals surface area contributed by atoms with E-state index in [-0.39, 0.29) is 6.10 Å². The maximum Gasteiger partial charge on any atom is 0.123 e. The zero-order valence-electron chi connectivity index (χ0n) is 6.59. The van der Waals surface area contributed by atoms with Crippen LogP contribution in [0.4, 0.5) is 4.39 Å². The van der Waals surface area contributed by atoms with Crippen molar-refractivity contribution in [2.24, 2.45) is 0 Å². The molecule has 1 N–H and O–H groups in total. The van der Waals surface area contributed by atoms with Gasteiger partial charge in [0.1, 0.15) is 5.67 Å². The summed E-state index contributed by atoms with van der Waals surface area (Å²) in [5.41, 5.74) is -0.885. The van der Waals surface area contributed by atoms with Crippen molar-refractivity contribution in [1.82, 2.24) is 4.90 Å². The van der Waals surface area contributed by atoms with Gasteiger partial charge in [-0.05, 0) is 19.3 Å². The monoisotopic (exact) mass is 159 g/mol. The second kappa shape index (κ2) is 2.42. The summed E-state index contributed by atoms with van der Waals surface area (Å²) >= 11 is 0. The highest BCUT2D eigenvalue weighted by atomic mass is 19.1. The number of aliphatic hydroxyl groups is 1. The molecule has 2 fully saturated rings. The van der Waals surface area contributed by atoms with E-state index < -0.39 is 5.67 Å². The number of likely N-dealkylation sites (tertiary alicyclic amines) is 1. The van der Waals surface area contributed by atoms with Crippen molar-refractivity contribution in [1.29, 1.82) is 0 Å². The Morgan fingerprint density at radius 3 is 2.73 bits per heavy atom. The van der Waals surface area contributed by atoms with Gasteiger partial charge in [0.2, 0.25) is 0 Å². The maximum atomic E-state index is 13.2. The Hall–Kier alpha value is -0.150. The molecule has 1 aliphatic heterocycles. The highest BCUT2D eigenvalue weighted by Gasteiger charge is 2.45. The molecule has 1 aliphatic carbocycles. The van der Waals surface area contributed by atoms with Crippen molar-refractivity contribution >= 4 is 0 Å². The highest BCUT2D eigenvalue weighted by molar-refractivity contribution is 4.97. The number of β-amino-alcohol motifs (C(OH)–C–C–N with tert-alkyl or cyclic N) is 1. The van der Waals surface area contributed by atoms with Gasteiger partial charge in [-0.2, -0.15) is 0 Å². The van der Waals surface area contributed by atoms with Crippen molar-refractivity contribution in [2.45, 2.75) is 31.0 Å². The lowest BCUT2D eigenvalue weighted by molar-refractivity contribution is 0.155. The summed E-state index contributed by atoms with van der Waals surface area (Å²) in [6.45, 7) is 2.09. The van der Waals surface area contributed by atoms with Gasteiger partial charge in [0, 0.05) is 19.6 Å². The molecular formula is C8H14FNO. The van der Waals surface area contributed by atoms with E-state index in [1.807, 2.05) is 4.90 Å². The summed E-state index contributed by atoms with van der Waals surface area (Å²) in [5, 5.41) is 9.15. The number of aliphatic hydroxyl groups excluding tert-OH is 1. The molecule has 1 saturated carbocycles. The lowest BCUT2D eigenvalue weighted by Gasteiger charge is -2.16. The number of hydrogen-bond donors (Lipinski definition) is 1. The Morgan fingerprint density at radius 2 is 2.27 bits per heavy atom. The molecule has 0 unspecified atom stereocenters. The fraction of sp³-hybridized carbons (Fsp3) is 1.00. The minimum absolute atomic E-state index is 0.211. The summed E-state index contributed by atoms with van der Waals surface area (Å²) in [4.78, 5) is 2.03. The van der Waals surface area contributed by atoms with Gasteiger partial charge in [-0.1, -0.05) is 0 Å². The van der Waals surface area contributed by atoms with Crippen LogP contribution in [0.25, 0.3) is 0 Å². The van der Waals surface area contributed by atoms with Crippen LogP contribution in [0.15, 0.2) is 0 Å². The van der Waals surface area contributed by atoms with Gasteiger partial charge < -0.3 is 5.11 Å². The van der Waals surface area contributed by atoms with Crippen molar-refractivity contribution in [3.8, 4) is 0 Å². The van der Waals surface area contributed by atoms with Crippen molar-refractivity contribution in [3.05, 3.63) is 0 Å². The van der Waals surface area contributed by atoms with Crippen molar-refractivity contribution in [2.75, 3.05) is 19.6 Å². The first-order chi connectivity index (χ1) is 5.18. The molecule has 0 aromatic heterocycles. The molecule has 2 rings (SSSR count). The van der Waals surface area contributed by atoms with Gasteiger partial charge in [0.25, 0.3) is 0 Å². The average Bonchev–Trinajstić information content (AvgIpc) is 2.49. The third-order valence-electron chi connectivity index (χ3n) is 2.55. The van der Waals surface area contributed by atoms with Crippen LogP contribution in [0.5, 0.6) is 0 Å². The lowest BCUT2D eigenvalue weighted by atomic mass is 10.3. The molecule has 64 valence electrons. The smallest absolute Gasteiger partial charge is 0.123 e. The lowest BCUT2D eigenvalue weighted by Crippen LogP contribution is -2.30. The zero-order valence-corrected chi connectivity index (χ0v) is 6.59. The highest BCUT2D eigenvalue weighted by Crippen LogP contribution is 2.40. The van der Waals surface area contributed by atoms with Gasteiger partial charge in [-0.25, -0.2) is 4.39 Å². The minimum Gasteiger partial charge on any atom is -0.392 e. The van der Waals surface area contributed by atoms with Crippen LogP contribution in [0.2, 0.25) is 0 Å². The van der Waals surface area contributed by atoms with E-state index >= 15 is 0 Å². The van der Waals surface area contributed by atoms with E-state index in [4.69, 9.17) is 5.11 Å². The van der Waals surface area contributed by atoms with Crippen LogP contribution in [0, 0.1) is 0 Å². The second-order valence-electron chi connectivity index (χ2n) is 3.83. The van der Waals surface area contributed by atoms with Crippen molar-refractivity contribution in [3.63, 3.8) is 0 Å². The summed E-state index contributed by atoms with van der Waals surface area (Å²) in [7, 11) is 0. The van der Waals surface area contributed by atoms with Gasteiger partial charge in [0.15, 0.2) is 0 Å². The van der Waals surface area contributed by atoms with Crippen LogP contribution in [0.3, 0.4) is 0 Å². The van der Waals surface area contributed by atoms with E-state index in [0.717, 1.165) is 25.8 Å². The number of alkyl halides is 1. The summed E-state index contributed by atoms with van der Waals surface area (Å²) < 4.78 is 13.2. The van der Waals surface area contributed by atoms with E-state index in [2.05, 4.69) is 0 Å². The molecule has 1 saturated heterocycles. The molecule has 2 aliphatic rings. The van der Waals surface area contributed by atoms with Crippen LogP contribution >= 0.6 is 0 Å². The number of rotatable bonds is 2. The van der Waals surface area contributed by atoms with Crippen molar-refractivity contribution < 1.29 is 9.50 Å². The third-order valence-corrected chi connectivity index (χ3v) is 2.55. The third kappa shape index (κ3) is 1.71. The predicted molar refractivity (Wildman–Crippen MR) is 40.1 cm³/mol. The van der Waals surface area contributed by atoms with Gasteiger partial charge in [0.05, 0.1) is 6.10 Å². The number of hydrogen-bond acceptors (Lipinski definition) is 2. The Bertz CT molecular complexity index is 158. The Balaban J connectivity index is 1.79. The summed E-state index contributed by atoms with van der Waals surface area (Å²) in [6.07, 6.45) is 2.05. The summed E-state index contributed by atoms with van der Waals surface area (Å²) in [5.74, 6) is 0. The molecule has 0 radical (unpaired) electrons. The largest absolute Gasteiger partial charge is 0.392 e. The van der Waals surface area contributed by atoms with Gasteiger partial charge >= 0.3 is 0 Å². The minimum atomic E-state index is -0.885. The SMILES string of the molecule is O[C@H]1CCN(CC2(F)CC2)C1. The fourth-order valence-electron chi connectivity index (χ4n) is 1.65. The molecule has 0 bridgehead atoms. The molecule has 0 spiro atoms. The predicted octanol–water partition coefficient (Wildman–Crippen LogP) is 0.555. The molecule has 2 nitrogen and oxygen atoms in total. The Kier molecular flexibility index (Phi) is 1.65. The van der Waals surface area contributed by atoms with Crippen LogP contribution in [-0.2, 0) is 0 Å². The maximum absolute atomic E-state index is 13.2. The molecule has 0 aromatic carbocycles. The number of halogens is 1. The van der Waals surface area contributed by atoms with E-state index in [9.17, 15) is 4.39 Å². The first-order valence-electron chi connectivity index (χ1n) is 4.27. The second-order valence-corrected chi connectivity index (χ2v) is 3.83. The molecule has 0 aromatic rings. The first-order valence-corrected chi connectivity index (χ1v) is 4.27. The van der Waals surface area contributed by atoms with Crippen LogP contribution in [0.1, 0.15) is 19.3 Å². The molecule has 1 atom stereocenters. The molecule has 11 heavy (non-hydrogen) atoms. The quantitative estimate of drug-likeness (QED) is 0.636. The summed E-state index contributed by atoms with van der Waals surface area (Å²) in [6, 6.07) is 0. The molecular weight excluding hydrogens is 145 g/mol. The fourth-order valence-corrected chi connectivity index (χ4v) is 1.65. The van der Waals surface area contributed by atoms with Crippen LogP contribution < -0.4 is 0 Å². The molecule has 0 amide bonds. The van der Waals surface area contributed by atoms with E-state index in [1.54, 1.807) is 0 Å². The number of nitrogens with zero attached hydrogens (tertiary/aromatic N) is 1. The van der Waals surface area contributed by atoms with Gasteiger partial charge in [-0.15, -0.1) is 0 Å². The zero-order chi connectivity index (χ0) is 7.90. The standard InChI is InChI=1S/C8H14FNO/c9-8(2-3-8)6-10-4-1-7(11)5-10/h7,11H,1-6H2/t7-/m0/s1. The van der Waals surface area contributed by atoms with Gasteiger partial charge in [-0.3, -0.25) is 4.90 Å². The normalized spacial score (nSPS) is 36.0. The van der Waals surface area contributed by atoms with Crippen LogP contribution in [-0.4, -0.2) is 41.4 Å². The van der Waals surface area contributed by atoms with E-state index in [0.29, 0.717) is 13.1 Å². The topological polar surface area (TPSA) is 23.5 Å². The molecule has 1 heterocycles. The molecule has 3 heteroatoms. The first kappa shape index (κ1) is 7.50. The Labute approximate surface area is 66.0 Å². The Morgan fingerprint density at radius 1 is 1.55 bits per heavy atom.